The fourth-order valence-corrected chi connectivity index (χ4v) is 0.945. The zero-order chi connectivity index (χ0) is 10.3. The molecule has 0 bridgehead atoms. The minimum absolute atomic E-state index is 0.111. The van der Waals surface area contributed by atoms with Crippen LogP contribution in [0.15, 0.2) is 0 Å². The number of hydrogen-bond donors (Lipinski definition) is 2. The van der Waals surface area contributed by atoms with Gasteiger partial charge in [-0.2, -0.15) is 0 Å². The summed E-state index contributed by atoms with van der Waals surface area (Å²) < 4.78 is 0. The SMILES string of the molecule is CCC(CO)NCCC(=O)N(C)C. The number of aliphatic hydroxyl groups excluding tert-OH is 1. The van der Waals surface area contributed by atoms with Crippen molar-refractivity contribution >= 4 is 5.91 Å². The van der Waals surface area contributed by atoms with Gasteiger partial charge >= 0.3 is 0 Å². The predicted octanol–water partition coefficient (Wildman–Crippen LogP) is -0.175. The average Bonchev–Trinajstić information content (AvgIpc) is 2.12. The zero-order valence-corrected chi connectivity index (χ0v) is 8.71. The third-order valence-corrected chi connectivity index (χ3v) is 1.98. The van der Waals surface area contributed by atoms with E-state index >= 15 is 0 Å². The van der Waals surface area contributed by atoms with Gasteiger partial charge in [0.25, 0.3) is 0 Å². The van der Waals surface area contributed by atoms with E-state index in [9.17, 15) is 4.79 Å². The van der Waals surface area contributed by atoms with Gasteiger partial charge in [0.1, 0.15) is 0 Å². The van der Waals surface area contributed by atoms with Crippen molar-refractivity contribution in [2.75, 3.05) is 27.2 Å². The van der Waals surface area contributed by atoms with Gasteiger partial charge in [0.15, 0.2) is 0 Å². The average molecular weight is 188 g/mol. The summed E-state index contributed by atoms with van der Waals surface area (Å²) in [6.45, 7) is 2.77. The topological polar surface area (TPSA) is 52.6 Å². The molecule has 0 aliphatic rings. The normalized spacial score (nSPS) is 12.6. The van der Waals surface area contributed by atoms with E-state index in [0.717, 1.165) is 6.42 Å². The van der Waals surface area contributed by atoms with E-state index in [0.29, 0.717) is 13.0 Å². The Morgan fingerprint density at radius 3 is 2.54 bits per heavy atom. The van der Waals surface area contributed by atoms with Crippen molar-refractivity contribution in [3.63, 3.8) is 0 Å². The van der Waals surface area contributed by atoms with Crippen LogP contribution in [-0.2, 0) is 4.79 Å². The van der Waals surface area contributed by atoms with E-state index in [1.165, 1.54) is 0 Å². The van der Waals surface area contributed by atoms with E-state index in [-0.39, 0.29) is 18.6 Å². The Labute approximate surface area is 79.9 Å². The second kappa shape index (κ2) is 6.86. The molecule has 13 heavy (non-hydrogen) atoms. The van der Waals surface area contributed by atoms with Gasteiger partial charge in [0.05, 0.1) is 6.61 Å². The molecule has 2 N–H and O–H groups in total. The highest BCUT2D eigenvalue weighted by Gasteiger charge is 2.06. The molecule has 0 rings (SSSR count). The molecule has 1 unspecified atom stereocenters. The Morgan fingerprint density at radius 1 is 1.54 bits per heavy atom. The Balaban J connectivity index is 3.49. The van der Waals surface area contributed by atoms with Gasteiger partial charge in [-0.3, -0.25) is 4.79 Å². The number of rotatable bonds is 6. The van der Waals surface area contributed by atoms with Crippen LogP contribution in [0, 0.1) is 0 Å². The quantitative estimate of drug-likeness (QED) is 0.608. The summed E-state index contributed by atoms with van der Waals surface area (Å²) >= 11 is 0. The molecule has 78 valence electrons. The van der Waals surface area contributed by atoms with Gasteiger partial charge in [0.2, 0.25) is 5.91 Å². The fourth-order valence-electron chi connectivity index (χ4n) is 0.945. The maximum atomic E-state index is 11.1. The van der Waals surface area contributed by atoms with Crippen LogP contribution in [0.2, 0.25) is 0 Å². The molecule has 0 spiro atoms. The summed E-state index contributed by atoms with van der Waals surface area (Å²) in [4.78, 5) is 12.7. The van der Waals surface area contributed by atoms with Crippen LogP contribution in [0.25, 0.3) is 0 Å². The number of hydrogen-bond acceptors (Lipinski definition) is 3. The highest BCUT2D eigenvalue weighted by Crippen LogP contribution is 1.90. The van der Waals surface area contributed by atoms with Gasteiger partial charge in [-0.15, -0.1) is 0 Å². The lowest BCUT2D eigenvalue weighted by atomic mass is 10.2. The smallest absolute Gasteiger partial charge is 0.223 e. The van der Waals surface area contributed by atoms with Crippen molar-refractivity contribution in [1.82, 2.24) is 10.2 Å². The molecule has 1 atom stereocenters. The van der Waals surface area contributed by atoms with E-state index < -0.39 is 0 Å². The van der Waals surface area contributed by atoms with Gasteiger partial charge in [-0.05, 0) is 6.42 Å². The highest BCUT2D eigenvalue weighted by atomic mass is 16.3. The number of amides is 1. The summed E-state index contributed by atoms with van der Waals surface area (Å²) in [5, 5.41) is 11.9. The van der Waals surface area contributed by atoms with Gasteiger partial charge in [-0.1, -0.05) is 6.92 Å². The summed E-state index contributed by atoms with van der Waals surface area (Å²) in [7, 11) is 3.48. The largest absolute Gasteiger partial charge is 0.395 e. The molecule has 4 nitrogen and oxygen atoms in total. The lowest BCUT2D eigenvalue weighted by Gasteiger charge is -2.15. The van der Waals surface area contributed by atoms with Gasteiger partial charge in [-0.25, -0.2) is 0 Å². The molecule has 0 aromatic heterocycles. The second-order valence-corrected chi connectivity index (χ2v) is 3.28. The highest BCUT2D eigenvalue weighted by molar-refractivity contribution is 5.75. The summed E-state index contributed by atoms with van der Waals surface area (Å²) in [5.74, 6) is 0.111. The molecule has 4 heteroatoms. The number of nitrogens with one attached hydrogen (secondary N) is 1. The van der Waals surface area contributed by atoms with Crippen molar-refractivity contribution in [2.24, 2.45) is 0 Å². The summed E-state index contributed by atoms with van der Waals surface area (Å²) in [6, 6.07) is 0.120. The zero-order valence-electron chi connectivity index (χ0n) is 8.71. The Morgan fingerprint density at radius 2 is 2.15 bits per heavy atom. The molecule has 0 radical (unpaired) electrons. The van der Waals surface area contributed by atoms with Crippen LogP contribution in [0.5, 0.6) is 0 Å². The molecule has 0 saturated carbocycles. The Bertz CT molecular complexity index is 145. The third kappa shape index (κ3) is 5.60. The van der Waals surface area contributed by atoms with Gasteiger partial charge in [0, 0.05) is 33.1 Å². The van der Waals surface area contributed by atoms with Crippen LogP contribution < -0.4 is 5.32 Å². The maximum absolute atomic E-state index is 11.1. The summed E-state index contributed by atoms with van der Waals surface area (Å²) in [5.41, 5.74) is 0. The molecule has 0 aliphatic carbocycles. The summed E-state index contributed by atoms with van der Waals surface area (Å²) in [6.07, 6.45) is 1.37. The monoisotopic (exact) mass is 188 g/mol. The van der Waals surface area contributed by atoms with Crippen molar-refractivity contribution in [3.05, 3.63) is 0 Å². The molecule has 0 aromatic rings. The molecule has 0 saturated heterocycles. The van der Waals surface area contributed by atoms with Crippen LogP contribution >= 0.6 is 0 Å². The molecule has 0 fully saturated rings. The number of carbonyl (C=O) groups is 1. The molecular weight excluding hydrogens is 168 g/mol. The molecular formula is C9H20N2O2. The minimum atomic E-state index is 0.111. The van der Waals surface area contributed by atoms with E-state index in [4.69, 9.17) is 5.11 Å². The minimum Gasteiger partial charge on any atom is -0.395 e. The molecule has 0 aliphatic heterocycles. The van der Waals surface area contributed by atoms with Crippen LogP contribution in [0.1, 0.15) is 19.8 Å². The number of carbonyl (C=O) groups excluding carboxylic acids is 1. The first-order valence-corrected chi connectivity index (χ1v) is 4.66. The first kappa shape index (κ1) is 12.4. The first-order valence-electron chi connectivity index (χ1n) is 4.66. The van der Waals surface area contributed by atoms with Crippen molar-refractivity contribution < 1.29 is 9.90 Å². The molecule has 1 amide bonds. The Kier molecular flexibility index (Phi) is 6.54. The third-order valence-electron chi connectivity index (χ3n) is 1.98. The van der Waals surface area contributed by atoms with E-state index in [2.05, 4.69) is 5.32 Å². The van der Waals surface area contributed by atoms with Crippen molar-refractivity contribution in [1.29, 1.82) is 0 Å². The van der Waals surface area contributed by atoms with Crippen LogP contribution in [-0.4, -0.2) is 49.2 Å². The van der Waals surface area contributed by atoms with E-state index in [1.807, 2.05) is 6.92 Å². The lowest BCUT2D eigenvalue weighted by Crippen LogP contribution is -2.35. The fraction of sp³-hybridized carbons (Fsp3) is 0.889. The molecule has 0 aromatic carbocycles. The standard InChI is InChI=1S/C9H20N2O2/c1-4-8(7-12)10-6-5-9(13)11(2)3/h8,10,12H,4-7H2,1-3H3. The lowest BCUT2D eigenvalue weighted by molar-refractivity contribution is -0.128. The van der Waals surface area contributed by atoms with Crippen LogP contribution in [0.3, 0.4) is 0 Å². The predicted molar refractivity (Wildman–Crippen MR) is 52.5 cm³/mol. The first-order chi connectivity index (χ1) is 6.11. The van der Waals surface area contributed by atoms with Crippen molar-refractivity contribution in [2.45, 2.75) is 25.8 Å². The number of aliphatic hydroxyl groups is 1. The maximum Gasteiger partial charge on any atom is 0.223 e. The molecule has 0 heterocycles. The van der Waals surface area contributed by atoms with Crippen LogP contribution in [0.4, 0.5) is 0 Å². The Hall–Kier alpha value is -0.610. The van der Waals surface area contributed by atoms with E-state index in [1.54, 1.807) is 19.0 Å². The van der Waals surface area contributed by atoms with Crippen molar-refractivity contribution in [3.8, 4) is 0 Å². The number of nitrogens with zero attached hydrogens (tertiary/aromatic N) is 1. The van der Waals surface area contributed by atoms with Gasteiger partial charge < -0.3 is 15.3 Å². The second-order valence-electron chi connectivity index (χ2n) is 3.28.